The predicted molar refractivity (Wildman–Crippen MR) is 50.5 cm³/mol. The van der Waals surface area contributed by atoms with Crippen molar-refractivity contribution in [2.45, 2.75) is 0 Å². The summed E-state index contributed by atoms with van der Waals surface area (Å²) >= 11 is 5.40. The van der Waals surface area contributed by atoms with Crippen molar-refractivity contribution >= 4 is 17.5 Å². The fourth-order valence-electron chi connectivity index (χ4n) is 0.987. The SMILES string of the molecule is CON(C)C(=O)c1c(F)cc(Cl)cc1F. The predicted octanol–water partition coefficient (Wildman–Crippen LogP) is 2.25. The van der Waals surface area contributed by atoms with E-state index in [0.29, 0.717) is 0 Å². The Kier molecular flexibility index (Phi) is 3.60. The molecule has 0 aliphatic carbocycles. The van der Waals surface area contributed by atoms with Gasteiger partial charge in [0.2, 0.25) is 0 Å². The smallest absolute Gasteiger partial charge is 0.274 e. The van der Waals surface area contributed by atoms with Gasteiger partial charge >= 0.3 is 0 Å². The number of hydrogen-bond donors (Lipinski definition) is 0. The molecule has 0 aliphatic heterocycles. The van der Waals surface area contributed by atoms with Crippen LogP contribution >= 0.6 is 11.6 Å². The Hall–Kier alpha value is -1.20. The number of halogens is 3. The molecule has 0 aliphatic rings. The summed E-state index contributed by atoms with van der Waals surface area (Å²) in [6, 6.07) is 1.72. The summed E-state index contributed by atoms with van der Waals surface area (Å²) in [4.78, 5) is 15.9. The molecule has 0 unspecified atom stereocenters. The number of carbonyl (C=O) groups excluding carboxylic acids is 1. The van der Waals surface area contributed by atoms with Crippen molar-refractivity contribution in [2.75, 3.05) is 14.2 Å². The van der Waals surface area contributed by atoms with Crippen molar-refractivity contribution in [3.63, 3.8) is 0 Å². The first-order chi connectivity index (χ1) is 6.97. The van der Waals surface area contributed by atoms with Crippen LogP contribution in [0.1, 0.15) is 10.4 Å². The minimum Gasteiger partial charge on any atom is -0.274 e. The molecular formula is C9H8ClF2NO2. The van der Waals surface area contributed by atoms with Crippen molar-refractivity contribution in [2.24, 2.45) is 0 Å². The van der Waals surface area contributed by atoms with Crippen LogP contribution in [0.3, 0.4) is 0 Å². The molecule has 0 saturated carbocycles. The maximum absolute atomic E-state index is 13.2. The van der Waals surface area contributed by atoms with Gasteiger partial charge in [-0.25, -0.2) is 13.8 Å². The van der Waals surface area contributed by atoms with Crippen LogP contribution in [-0.4, -0.2) is 25.1 Å². The van der Waals surface area contributed by atoms with Crippen LogP contribution in [0.5, 0.6) is 0 Å². The van der Waals surface area contributed by atoms with Gasteiger partial charge in [0.15, 0.2) is 0 Å². The second-order valence-corrected chi connectivity index (χ2v) is 3.17. The van der Waals surface area contributed by atoms with Gasteiger partial charge in [0.25, 0.3) is 5.91 Å². The van der Waals surface area contributed by atoms with Gasteiger partial charge in [-0.3, -0.25) is 9.63 Å². The summed E-state index contributed by atoms with van der Waals surface area (Å²) in [5, 5.41) is 0.608. The Morgan fingerprint density at radius 3 is 2.27 bits per heavy atom. The number of amides is 1. The zero-order valence-corrected chi connectivity index (χ0v) is 8.81. The minimum absolute atomic E-state index is 0.110. The number of hydrogen-bond acceptors (Lipinski definition) is 2. The van der Waals surface area contributed by atoms with E-state index in [1.165, 1.54) is 14.2 Å². The molecule has 0 fully saturated rings. The Morgan fingerprint density at radius 1 is 1.40 bits per heavy atom. The van der Waals surface area contributed by atoms with Crippen molar-refractivity contribution < 1.29 is 18.4 Å². The summed E-state index contributed by atoms with van der Waals surface area (Å²) in [6.45, 7) is 0. The van der Waals surface area contributed by atoms with Crippen LogP contribution in [0.25, 0.3) is 0 Å². The van der Waals surface area contributed by atoms with Crippen LogP contribution < -0.4 is 0 Å². The lowest BCUT2D eigenvalue weighted by Crippen LogP contribution is -2.27. The largest absolute Gasteiger partial charge is 0.283 e. The highest BCUT2D eigenvalue weighted by Crippen LogP contribution is 2.20. The van der Waals surface area contributed by atoms with Crippen molar-refractivity contribution in [1.82, 2.24) is 5.06 Å². The quantitative estimate of drug-likeness (QED) is 0.736. The average molecular weight is 236 g/mol. The second kappa shape index (κ2) is 4.55. The van der Waals surface area contributed by atoms with Gasteiger partial charge in [-0.05, 0) is 12.1 Å². The lowest BCUT2D eigenvalue weighted by molar-refractivity contribution is -0.0762. The van der Waals surface area contributed by atoms with Crippen molar-refractivity contribution in [3.05, 3.63) is 34.4 Å². The molecule has 15 heavy (non-hydrogen) atoms. The first-order valence-corrected chi connectivity index (χ1v) is 4.32. The summed E-state index contributed by atoms with van der Waals surface area (Å²) in [7, 11) is 2.46. The number of carbonyl (C=O) groups is 1. The molecule has 82 valence electrons. The molecule has 0 saturated heterocycles. The molecule has 0 N–H and O–H groups in total. The van der Waals surface area contributed by atoms with Gasteiger partial charge in [0.1, 0.15) is 17.2 Å². The van der Waals surface area contributed by atoms with E-state index in [4.69, 9.17) is 11.6 Å². The molecule has 0 spiro atoms. The van der Waals surface area contributed by atoms with Crippen LogP contribution in [0.15, 0.2) is 12.1 Å². The van der Waals surface area contributed by atoms with Crippen LogP contribution in [0.4, 0.5) is 8.78 Å². The number of rotatable bonds is 2. The average Bonchev–Trinajstić information content (AvgIpc) is 2.14. The molecular weight excluding hydrogens is 228 g/mol. The topological polar surface area (TPSA) is 29.5 Å². The van der Waals surface area contributed by atoms with Crippen LogP contribution in [0, 0.1) is 11.6 Å². The lowest BCUT2D eigenvalue weighted by Gasteiger charge is -2.14. The highest BCUT2D eigenvalue weighted by Gasteiger charge is 2.21. The van der Waals surface area contributed by atoms with E-state index in [1.54, 1.807) is 0 Å². The van der Waals surface area contributed by atoms with E-state index in [1.807, 2.05) is 0 Å². The highest BCUT2D eigenvalue weighted by molar-refractivity contribution is 6.30. The van der Waals surface area contributed by atoms with E-state index >= 15 is 0 Å². The zero-order chi connectivity index (χ0) is 11.6. The molecule has 0 aromatic heterocycles. The molecule has 0 heterocycles. The van der Waals surface area contributed by atoms with E-state index in [0.717, 1.165) is 17.2 Å². The van der Waals surface area contributed by atoms with Crippen LogP contribution in [0.2, 0.25) is 5.02 Å². The highest BCUT2D eigenvalue weighted by atomic mass is 35.5. The fourth-order valence-corrected chi connectivity index (χ4v) is 1.18. The summed E-state index contributed by atoms with van der Waals surface area (Å²) in [6.07, 6.45) is 0. The maximum Gasteiger partial charge on any atom is 0.283 e. The van der Waals surface area contributed by atoms with Gasteiger partial charge < -0.3 is 0 Å². The first kappa shape index (κ1) is 11.9. The van der Waals surface area contributed by atoms with Crippen molar-refractivity contribution in [1.29, 1.82) is 0 Å². The third-order valence-corrected chi connectivity index (χ3v) is 2.00. The number of nitrogens with zero attached hydrogens (tertiary/aromatic N) is 1. The van der Waals surface area contributed by atoms with E-state index < -0.39 is 23.1 Å². The molecule has 0 bridgehead atoms. The molecule has 1 aromatic carbocycles. The van der Waals surface area contributed by atoms with Gasteiger partial charge in [0.05, 0.1) is 7.11 Å². The van der Waals surface area contributed by atoms with Gasteiger partial charge in [-0.2, -0.15) is 0 Å². The summed E-state index contributed by atoms with van der Waals surface area (Å²) < 4.78 is 26.5. The minimum atomic E-state index is -1.02. The van der Waals surface area contributed by atoms with E-state index in [9.17, 15) is 13.6 Å². The van der Waals surface area contributed by atoms with Gasteiger partial charge in [-0.15, -0.1) is 0 Å². The zero-order valence-electron chi connectivity index (χ0n) is 8.05. The molecule has 1 aromatic rings. The molecule has 1 rings (SSSR count). The van der Waals surface area contributed by atoms with E-state index in [2.05, 4.69) is 4.84 Å². The van der Waals surface area contributed by atoms with E-state index in [-0.39, 0.29) is 5.02 Å². The monoisotopic (exact) mass is 235 g/mol. The Morgan fingerprint density at radius 2 is 1.87 bits per heavy atom. The Labute approximate surface area is 90.1 Å². The molecule has 1 amide bonds. The number of benzene rings is 1. The number of hydroxylamine groups is 2. The molecule has 3 nitrogen and oxygen atoms in total. The van der Waals surface area contributed by atoms with Crippen LogP contribution in [-0.2, 0) is 4.84 Å². The maximum atomic E-state index is 13.2. The standard InChI is InChI=1S/C9H8ClF2NO2/c1-13(15-2)9(14)8-6(11)3-5(10)4-7(8)12/h3-4H,1-2H3. The first-order valence-electron chi connectivity index (χ1n) is 3.94. The molecule has 0 atom stereocenters. The van der Waals surface area contributed by atoms with Crippen molar-refractivity contribution in [3.8, 4) is 0 Å². The third-order valence-electron chi connectivity index (χ3n) is 1.78. The molecule has 6 heteroatoms. The summed E-state index contributed by atoms with van der Waals surface area (Å²) in [5.74, 6) is -2.95. The van der Waals surface area contributed by atoms with Gasteiger partial charge in [-0.1, -0.05) is 11.6 Å². The summed E-state index contributed by atoms with van der Waals surface area (Å²) in [5.41, 5.74) is -0.691. The Balaban J connectivity index is 3.20. The lowest BCUT2D eigenvalue weighted by atomic mass is 10.2. The normalized spacial score (nSPS) is 10.2. The fraction of sp³-hybridized carbons (Fsp3) is 0.222. The third kappa shape index (κ3) is 2.43. The van der Waals surface area contributed by atoms with Gasteiger partial charge in [0, 0.05) is 12.1 Å². The second-order valence-electron chi connectivity index (χ2n) is 2.73. The Bertz CT molecular complexity index is 375. The molecule has 0 radical (unpaired) electrons.